The van der Waals surface area contributed by atoms with E-state index in [0.717, 1.165) is 17.1 Å². The molecule has 0 aliphatic rings. The first-order valence-corrected chi connectivity index (χ1v) is 6.74. The number of carbonyl (C=O) groups excluding carboxylic acids is 1. The number of amides is 1. The third-order valence-corrected chi connectivity index (χ3v) is 2.79. The Morgan fingerprint density at radius 1 is 1.30 bits per heavy atom. The predicted molar refractivity (Wildman–Crippen MR) is 76.9 cm³/mol. The van der Waals surface area contributed by atoms with Crippen molar-refractivity contribution in [3.8, 4) is 17.1 Å². The number of rotatable bonds is 2. The van der Waals surface area contributed by atoms with Crippen LogP contribution in [0.5, 0.6) is 5.75 Å². The van der Waals surface area contributed by atoms with Crippen molar-refractivity contribution in [3.63, 3.8) is 0 Å². The summed E-state index contributed by atoms with van der Waals surface area (Å²) in [6.07, 6.45) is -0.564. The van der Waals surface area contributed by atoms with E-state index in [1.54, 1.807) is 45.0 Å². The van der Waals surface area contributed by atoms with Crippen LogP contribution in [-0.4, -0.2) is 26.2 Å². The number of carbonyl (C=O) groups is 1. The molecule has 1 aromatic carbocycles. The first kappa shape index (κ1) is 14.3. The monoisotopic (exact) mass is 293 g/mol. The summed E-state index contributed by atoms with van der Waals surface area (Å²) in [6.45, 7) is 5.36. The molecule has 0 unspecified atom stereocenters. The topological polar surface area (TPSA) is 84.3 Å². The van der Waals surface area contributed by atoms with Crippen LogP contribution in [-0.2, 0) is 4.74 Å². The van der Waals surface area contributed by atoms with E-state index in [0.29, 0.717) is 11.0 Å². The van der Waals surface area contributed by atoms with Crippen molar-refractivity contribution < 1.29 is 14.6 Å². The molecule has 20 heavy (non-hydrogen) atoms. The molecule has 0 spiro atoms. The molecule has 0 aliphatic carbocycles. The van der Waals surface area contributed by atoms with Gasteiger partial charge >= 0.3 is 6.09 Å². The molecule has 2 rings (SSSR count). The van der Waals surface area contributed by atoms with Gasteiger partial charge in [0.2, 0.25) is 5.13 Å². The highest BCUT2D eigenvalue weighted by Crippen LogP contribution is 2.23. The largest absolute Gasteiger partial charge is 0.508 e. The van der Waals surface area contributed by atoms with Crippen molar-refractivity contribution in [1.29, 1.82) is 0 Å². The van der Waals surface area contributed by atoms with E-state index in [1.165, 1.54) is 0 Å². The summed E-state index contributed by atoms with van der Waals surface area (Å²) in [7, 11) is 0. The van der Waals surface area contributed by atoms with Gasteiger partial charge in [-0.3, -0.25) is 5.32 Å². The smallest absolute Gasteiger partial charge is 0.414 e. The first-order chi connectivity index (χ1) is 9.33. The molecule has 6 nitrogen and oxygen atoms in total. The van der Waals surface area contributed by atoms with E-state index in [1.807, 2.05) is 0 Å². The third-order valence-electron chi connectivity index (χ3n) is 2.16. The second-order valence-corrected chi connectivity index (χ2v) is 5.85. The molecule has 106 valence electrons. The van der Waals surface area contributed by atoms with Crippen LogP contribution in [0, 0.1) is 0 Å². The van der Waals surface area contributed by atoms with E-state index in [-0.39, 0.29) is 5.75 Å². The van der Waals surface area contributed by atoms with Crippen LogP contribution < -0.4 is 5.32 Å². The lowest BCUT2D eigenvalue weighted by molar-refractivity contribution is 0.0636. The number of hydrogen-bond acceptors (Lipinski definition) is 6. The van der Waals surface area contributed by atoms with Crippen molar-refractivity contribution in [2.75, 3.05) is 5.32 Å². The highest BCUT2D eigenvalue weighted by molar-refractivity contribution is 7.10. The quantitative estimate of drug-likeness (QED) is 0.887. The molecule has 0 saturated carbocycles. The molecule has 2 N–H and O–H groups in total. The highest BCUT2D eigenvalue weighted by atomic mass is 32.1. The van der Waals surface area contributed by atoms with Crippen LogP contribution in [0.2, 0.25) is 0 Å². The van der Waals surface area contributed by atoms with Gasteiger partial charge < -0.3 is 9.84 Å². The SMILES string of the molecule is CC(C)(C)OC(=O)Nc1nc(-c2ccc(O)cc2)ns1. The van der Waals surface area contributed by atoms with E-state index < -0.39 is 11.7 Å². The standard InChI is InChI=1S/C13H15N3O3S/c1-13(2,3)19-12(18)15-11-14-10(16-20-11)8-4-6-9(17)7-5-8/h4-7,17H,1-3H3,(H,14,15,16,18). The van der Waals surface area contributed by atoms with E-state index in [2.05, 4.69) is 14.7 Å². The molecule has 0 saturated heterocycles. The predicted octanol–water partition coefficient (Wildman–Crippen LogP) is 3.26. The highest BCUT2D eigenvalue weighted by Gasteiger charge is 2.17. The van der Waals surface area contributed by atoms with Crippen molar-refractivity contribution in [3.05, 3.63) is 24.3 Å². The van der Waals surface area contributed by atoms with Crippen LogP contribution in [0.4, 0.5) is 9.93 Å². The maximum atomic E-state index is 11.6. The van der Waals surface area contributed by atoms with Gasteiger partial charge in [-0.1, -0.05) is 0 Å². The van der Waals surface area contributed by atoms with Crippen LogP contribution in [0.1, 0.15) is 20.8 Å². The van der Waals surface area contributed by atoms with Gasteiger partial charge in [0, 0.05) is 17.1 Å². The lowest BCUT2D eigenvalue weighted by Gasteiger charge is -2.18. The molecule has 1 aromatic heterocycles. The third kappa shape index (κ3) is 3.92. The zero-order chi connectivity index (χ0) is 14.8. The van der Waals surface area contributed by atoms with E-state index in [4.69, 9.17) is 4.74 Å². The van der Waals surface area contributed by atoms with Crippen LogP contribution in [0.25, 0.3) is 11.4 Å². The Morgan fingerprint density at radius 2 is 1.95 bits per heavy atom. The number of nitrogens with zero attached hydrogens (tertiary/aromatic N) is 2. The van der Waals surface area contributed by atoms with Gasteiger partial charge in [-0.25, -0.2) is 4.79 Å². The summed E-state index contributed by atoms with van der Waals surface area (Å²) >= 11 is 1.07. The Labute approximate surface area is 120 Å². The molecule has 0 radical (unpaired) electrons. The summed E-state index contributed by atoms with van der Waals surface area (Å²) in [5.41, 5.74) is 0.199. The Hall–Kier alpha value is -2.15. The van der Waals surface area contributed by atoms with Gasteiger partial charge in [-0.15, -0.1) is 0 Å². The fraction of sp³-hybridized carbons (Fsp3) is 0.308. The number of phenolic OH excluding ortho intramolecular Hbond substituents is 1. The number of benzene rings is 1. The van der Waals surface area contributed by atoms with Crippen LogP contribution >= 0.6 is 11.5 Å². The molecule has 2 aromatic rings. The van der Waals surface area contributed by atoms with Crippen molar-refractivity contribution >= 4 is 22.8 Å². The van der Waals surface area contributed by atoms with Crippen LogP contribution in [0.15, 0.2) is 24.3 Å². The van der Waals surface area contributed by atoms with Crippen molar-refractivity contribution in [2.45, 2.75) is 26.4 Å². The number of anilines is 1. The normalized spacial score (nSPS) is 11.2. The molecule has 7 heteroatoms. The van der Waals surface area contributed by atoms with Crippen molar-refractivity contribution in [2.24, 2.45) is 0 Å². The van der Waals surface area contributed by atoms with Gasteiger partial charge in [-0.2, -0.15) is 9.36 Å². The van der Waals surface area contributed by atoms with Gasteiger partial charge in [0.25, 0.3) is 0 Å². The Balaban J connectivity index is 2.06. The zero-order valence-electron chi connectivity index (χ0n) is 11.4. The molecule has 0 fully saturated rings. The molecule has 1 heterocycles. The molecular formula is C13H15N3O3S. The first-order valence-electron chi connectivity index (χ1n) is 5.96. The number of aromatic nitrogens is 2. The molecule has 0 atom stereocenters. The maximum absolute atomic E-state index is 11.6. The maximum Gasteiger partial charge on any atom is 0.414 e. The Kier molecular flexibility index (Phi) is 3.89. The lowest BCUT2D eigenvalue weighted by atomic mass is 10.2. The molecule has 1 amide bonds. The van der Waals surface area contributed by atoms with Gasteiger partial charge in [0.15, 0.2) is 5.82 Å². The number of aromatic hydroxyl groups is 1. The molecule has 0 bridgehead atoms. The number of hydrogen-bond donors (Lipinski definition) is 2. The zero-order valence-corrected chi connectivity index (χ0v) is 12.2. The minimum atomic E-state index is -0.564. The minimum absolute atomic E-state index is 0.177. The van der Waals surface area contributed by atoms with Gasteiger partial charge in [-0.05, 0) is 45.0 Å². The summed E-state index contributed by atoms with van der Waals surface area (Å²) in [5.74, 6) is 0.664. The second-order valence-electron chi connectivity index (χ2n) is 5.10. The Morgan fingerprint density at radius 3 is 2.55 bits per heavy atom. The number of ether oxygens (including phenoxy) is 1. The lowest BCUT2D eigenvalue weighted by Crippen LogP contribution is -2.27. The summed E-state index contributed by atoms with van der Waals surface area (Å²) < 4.78 is 9.27. The summed E-state index contributed by atoms with van der Waals surface area (Å²) in [4.78, 5) is 15.8. The summed E-state index contributed by atoms with van der Waals surface area (Å²) in [5, 5.41) is 12.1. The molecular weight excluding hydrogens is 278 g/mol. The molecule has 0 aliphatic heterocycles. The van der Waals surface area contributed by atoms with E-state index in [9.17, 15) is 9.90 Å². The fourth-order valence-electron chi connectivity index (χ4n) is 1.39. The fourth-order valence-corrected chi connectivity index (χ4v) is 1.97. The second kappa shape index (κ2) is 5.46. The van der Waals surface area contributed by atoms with Gasteiger partial charge in [0.1, 0.15) is 11.4 Å². The van der Waals surface area contributed by atoms with Crippen molar-refractivity contribution in [1.82, 2.24) is 9.36 Å². The van der Waals surface area contributed by atoms with Crippen LogP contribution in [0.3, 0.4) is 0 Å². The summed E-state index contributed by atoms with van der Waals surface area (Å²) in [6, 6.07) is 6.51. The van der Waals surface area contributed by atoms with E-state index >= 15 is 0 Å². The number of phenols is 1. The minimum Gasteiger partial charge on any atom is -0.508 e. The Bertz CT molecular complexity index is 602. The number of nitrogens with one attached hydrogen (secondary N) is 1. The average Bonchev–Trinajstić information content (AvgIpc) is 2.75. The van der Waals surface area contributed by atoms with Gasteiger partial charge in [0.05, 0.1) is 0 Å². The average molecular weight is 293 g/mol.